The Morgan fingerprint density at radius 2 is 2.35 bits per heavy atom. The van der Waals surface area contributed by atoms with Gasteiger partial charge < -0.3 is 5.11 Å². The molecule has 1 aliphatic rings. The van der Waals surface area contributed by atoms with Crippen LogP contribution in [-0.4, -0.2) is 35.3 Å². The number of aromatic nitrogens is 2. The molecule has 1 aromatic rings. The van der Waals surface area contributed by atoms with Gasteiger partial charge in [-0.05, 0) is 12.8 Å². The van der Waals surface area contributed by atoms with Gasteiger partial charge in [-0.1, -0.05) is 6.42 Å². The quantitative estimate of drug-likeness (QED) is 0.784. The van der Waals surface area contributed by atoms with Gasteiger partial charge >= 0.3 is 5.97 Å². The highest BCUT2D eigenvalue weighted by Crippen LogP contribution is 2.26. The van der Waals surface area contributed by atoms with Crippen molar-refractivity contribution in [3.8, 4) is 6.07 Å². The molecule has 2 rings (SSSR count). The number of nitrogens with one attached hydrogen (secondary N) is 1. The van der Waals surface area contributed by atoms with Crippen LogP contribution in [0.2, 0.25) is 0 Å². The van der Waals surface area contributed by atoms with E-state index in [0.29, 0.717) is 12.8 Å². The first-order valence-electron chi connectivity index (χ1n) is 6.08. The van der Waals surface area contributed by atoms with Crippen LogP contribution < -0.4 is 4.72 Å². The van der Waals surface area contributed by atoms with Crippen molar-refractivity contribution >= 4 is 16.0 Å². The van der Waals surface area contributed by atoms with Crippen LogP contribution >= 0.6 is 0 Å². The third kappa shape index (κ3) is 3.15. The van der Waals surface area contributed by atoms with Crippen molar-refractivity contribution < 1.29 is 18.3 Å². The Morgan fingerprint density at radius 3 is 3.00 bits per heavy atom. The average molecular weight is 298 g/mol. The molecular weight excluding hydrogens is 284 g/mol. The summed E-state index contributed by atoms with van der Waals surface area (Å²) in [5, 5.41) is 21.2. The summed E-state index contributed by atoms with van der Waals surface area (Å²) in [5.41, 5.74) is 0. The fourth-order valence-corrected chi connectivity index (χ4v) is 3.49. The Kier molecular flexibility index (Phi) is 4.06. The number of aliphatic carboxylic acids is 1. The largest absolute Gasteiger partial charge is 0.480 e. The standard InChI is InChI=1S/C11H14N4O4S/c12-4-8-2-1-3-10(8)14-20(18,19)9-5-13-15(6-9)7-11(16)17/h5-6,8,10,14H,1-3,7H2,(H,16,17). The Labute approximate surface area is 116 Å². The topological polar surface area (TPSA) is 125 Å². The van der Waals surface area contributed by atoms with Crippen LogP contribution in [0.4, 0.5) is 0 Å². The number of nitriles is 1. The van der Waals surface area contributed by atoms with Gasteiger partial charge in [0.25, 0.3) is 0 Å². The minimum absolute atomic E-state index is 0.0951. The monoisotopic (exact) mass is 298 g/mol. The molecule has 2 unspecified atom stereocenters. The van der Waals surface area contributed by atoms with E-state index in [0.717, 1.165) is 23.5 Å². The van der Waals surface area contributed by atoms with Crippen LogP contribution in [-0.2, 0) is 21.4 Å². The van der Waals surface area contributed by atoms with Crippen molar-refractivity contribution in [1.29, 1.82) is 5.26 Å². The predicted octanol–water partition coefficient (Wildman–Crippen LogP) is -0.0617. The molecule has 1 aromatic heterocycles. The molecule has 108 valence electrons. The summed E-state index contributed by atoms with van der Waals surface area (Å²) < 4.78 is 27.8. The van der Waals surface area contributed by atoms with Gasteiger partial charge in [0.1, 0.15) is 11.4 Å². The molecule has 1 heterocycles. The molecule has 0 aromatic carbocycles. The summed E-state index contributed by atoms with van der Waals surface area (Å²) in [7, 11) is -3.78. The lowest BCUT2D eigenvalue weighted by atomic mass is 10.1. The Hall–Kier alpha value is -1.92. The van der Waals surface area contributed by atoms with Gasteiger partial charge in [-0.15, -0.1) is 0 Å². The summed E-state index contributed by atoms with van der Waals surface area (Å²) in [4.78, 5) is 10.4. The van der Waals surface area contributed by atoms with Gasteiger partial charge in [-0.3, -0.25) is 9.48 Å². The normalized spacial score (nSPS) is 22.6. The van der Waals surface area contributed by atoms with Crippen molar-refractivity contribution in [2.75, 3.05) is 0 Å². The van der Waals surface area contributed by atoms with Crippen LogP contribution in [0.1, 0.15) is 19.3 Å². The third-order valence-corrected chi connectivity index (χ3v) is 4.65. The fraction of sp³-hybridized carbons (Fsp3) is 0.545. The lowest BCUT2D eigenvalue weighted by Crippen LogP contribution is -2.36. The van der Waals surface area contributed by atoms with E-state index in [1.54, 1.807) is 0 Å². The number of rotatable bonds is 5. The SMILES string of the molecule is N#CC1CCCC1NS(=O)(=O)c1cnn(CC(=O)O)c1. The van der Waals surface area contributed by atoms with Gasteiger partial charge in [0, 0.05) is 12.2 Å². The highest BCUT2D eigenvalue weighted by atomic mass is 32.2. The van der Waals surface area contributed by atoms with Crippen molar-refractivity contribution in [3.63, 3.8) is 0 Å². The lowest BCUT2D eigenvalue weighted by Gasteiger charge is -2.14. The number of nitrogens with zero attached hydrogens (tertiary/aromatic N) is 3. The first-order chi connectivity index (χ1) is 9.42. The van der Waals surface area contributed by atoms with E-state index in [4.69, 9.17) is 10.4 Å². The zero-order chi connectivity index (χ0) is 14.8. The van der Waals surface area contributed by atoms with Crippen molar-refractivity contribution in [2.24, 2.45) is 5.92 Å². The molecule has 0 aliphatic heterocycles. The second-order valence-corrected chi connectivity index (χ2v) is 6.38. The molecule has 20 heavy (non-hydrogen) atoms. The zero-order valence-electron chi connectivity index (χ0n) is 10.6. The number of carboxylic acid groups (broad SMARTS) is 1. The molecule has 1 saturated carbocycles. The highest BCUT2D eigenvalue weighted by Gasteiger charge is 2.31. The summed E-state index contributed by atoms with van der Waals surface area (Å²) in [6.45, 7) is -0.403. The van der Waals surface area contributed by atoms with Gasteiger partial charge in [0.15, 0.2) is 0 Å². The van der Waals surface area contributed by atoms with Crippen LogP contribution in [0, 0.1) is 17.2 Å². The predicted molar refractivity (Wildman–Crippen MR) is 66.9 cm³/mol. The van der Waals surface area contributed by atoms with Crippen molar-refractivity contribution in [2.45, 2.75) is 36.7 Å². The number of hydrogen-bond donors (Lipinski definition) is 2. The number of sulfonamides is 1. The Balaban J connectivity index is 2.12. The van der Waals surface area contributed by atoms with E-state index in [2.05, 4.69) is 15.9 Å². The number of carbonyl (C=O) groups is 1. The zero-order valence-corrected chi connectivity index (χ0v) is 11.4. The fourth-order valence-electron chi connectivity index (χ4n) is 2.23. The minimum atomic E-state index is -3.78. The molecule has 0 bridgehead atoms. The molecule has 9 heteroatoms. The first-order valence-corrected chi connectivity index (χ1v) is 7.57. The summed E-state index contributed by atoms with van der Waals surface area (Å²) in [5.74, 6) is -1.43. The Morgan fingerprint density at radius 1 is 1.60 bits per heavy atom. The molecule has 1 fully saturated rings. The van der Waals surface area contributed by atoms with E-state index < -0.39 is 28.6 Å². The second-order valence-electron chi connectivity index (χ2n) is 4.66. The molecule has 0 saturated heterocycles. The molecule has 8 nitrogen and oxygen atoms in total. The van der Waals surface area contributed by atoms with Crippen molar-refractivity contribution in [3.05, 3.63) is 12.4 Å². The van der Waals surface area contributed by atoms with Gasteiger partial charge in [0.05, 0.1) is 18.2 Å². The van der Waals surface area contributed by atoms with E-state index in [1.807, 2.05) is 0 Å². The van der Waals surface area contributed by atoms with E-state index in [9.17, 15) is 13.2 Å². The molecule has 2 N–H and O–H groups in total. The summed E-state index contributed by atoms with van der Waals surface area (Å²) >= 11 is 0. The molecular formula is C11H14N4O4S. The smallest absolute Gasteiger partial charge is 0.325 e. The van der Waals surface area contributed by atoms with Crippen molar-refractivity contribution in [1.82, 2.24) is 14.5 Å². The van der Waals surface area contributed by atoms with Crippen LogP contribution in [0.25, 0.3) is 0 Å². The van der Waals surface area contributed by atoms with E-state index in [-0.39, 0.29) is 10.8 Å². The summed E-state index contributed by atoms with van der Waals surface area (Å²) in [6.07, 6.45) is 4.38. The molecule has 2 atom stereocenters. The van der Waals surface area contributed by atoms with Gasteiger partial charge in [0.2, 0.25) is 10.0 Å². The first kappa shape index (κ1) is 14.5. The number of hydrogen-bond acceptors (Lipinski definition) is 5. The highest BCUT2D eigenvalue weighted by molar-refractivity contribution is 7.89. The van der Waals surface area contributed by atoms with Crippen LogP contribution in [0.3, 0.4) is 0 Å². The maximum Gasteiger partial charge on any atom is 0.325 e. The minimum Gasteiger partial charge on any atom is -0.480 e. The second kappa shape index (κ2) is 5.60. The molecule has 0 amide bonds. The molecule has 1 aliphatic carbocycles. The maximum absolute atomic E-state index is 12.1. The summed E-state index contributed by atoms with van der Waals surface area (Å²) in [6, 6.07) is 1.70. The van der Waals surface area contributed by atoms with Gasteiger partial charge in [-0.2, -0.15) is 10.4 Å². The number of carboxylic acids is 1. The molecule has 0 spiro atoms. The maximum atomic E-state index is 12.1. The molecule has 0 radical (unpaired) electrons. The van der Waals surface area contributed by atoms with Crippen LogP contribution in [0.5, 0.6) is 0 Å². The third-order valence-electron chi connectivity index (χ3n) is 3.21. The van der Waals surface area contributed by atoms with Gasteiger partial charge in [-0.25, -0.2) is 13.1 Å². The lowest BCUT2D eigenvalue weighted by molar-refractivity contribution is -0.137. The average Bonchev–Trinajstić information content (AvgIpc) is 2.97. The van der Waals surface area contributed by atoms with E-state index in [1.165, 1.54) is 0 Å². The van der Waals surface area contributed by atoms with Crippen LogP contribution in [0.15, 0.2) is 17.3 Å². The van der Waals surface area contributed by atoms with E-state index >= 15 is 0 Å². The Bertz CT molecular complexity index is 646.